The van der Waals surface area contributed by atoms with E-state index in [9.17, 15) is 0 Å². The Hall–Kier alpha value is -4.10. The minimum Gasteiger partial charge on any atom is -0.448 e. The molecule has 0 bridgehead atoms. The van der Waals surface area contributed by atoms with Crippen LogP contribution in [0, 0.1) is 0 Å². The van der Waals surface area contributed by atoms with Crippen LogP contribution < -0.4 is 19.7 Å². The van der Waals surface area contributed by atoms with Crippen molar-refractivity contribution < 1.29 is 9.05 Å². The molecule has 0 aliphatic rings. The molecule has 6 rings (SSSR count). The van der Waals surface area contributed by atoms with Crippen molar-refractivity contribution in [1.82, 2.24) is 8.68 Å². The van der Waals surface area contributed by atoms with Gasteiger partial charge in [-0.25, -0.2) is 0 Å². The van der Waals surface area contributed by atoms with E-state index >= 15 is 0 Å². The molecule has 2 atom stereocenters. The Balaban J connectivity index is 1.39. The smallest absolute Gasteiger partial charge is 0.229 e. The highest BCUT2D eigenvalue weighted by atomic mass is 31.2. The monoisotopic (exact) mass is 532 g/mol. The van der Waals surface area contributed by atoms with E-state index in [1.54, 1.807) is 0 Å². The maximum absolute atomic E-state index is 6.82. The van der Waals surface area contributed by atoms with Crippen LogP contribution in [0.2, 0.25) is 0 Å². The molecule has 0 aliphatic carbocycles. The molecule has 0 saturated carbocycles. The first-order valence-corrected chi connectivity index (χ1v) is 14.8. The Kier molecular flexibility index (Phi) is 7.35. The zero-order valence-electron chi connectivity index (χ0n) is 20.6. The van der Waals surface area contributed by atoms with Gasteiger partial charge in [-0.3, -0.25) is 8.68 Å². The van der Waals surface area contributed by atoms with Crippen molar-refractivity contribution in [2.45, 2.75) is 0 Å². The van der Waals surface area contributed by atoms with Crippen LogP contribution in [0.4, 0.5) is 0 Å². The van der Waals surface area contributed by atoms with Crippen molar-refractivity contribution >= 4 is 27.2 Å². The van der Waals surface area contributed by atoms with Crippen LogP contribution in [0.3, 0.4) is 0 Å². The standard InChI is InChI=1S/C32H26N2O2P2/c1-3-15-27(16-4-1)37(33-23-11-12-24-33)35-31-21-9-7-19-29(31)30-20-8-10-22-32(30)36-38(34-25-13-14-26-34)28-17-5-2-6-18-28/h1-26H. The Morgan fingerprint density at radius 2 is 0.711 bits per heavy atom. The average Bonchev–Trinajstić information content (AvgIpc) is 3.72. The summed E-state index contributed by atoms with van der Waals surface area (Å²) in [5.41, 5.74) is 1.99. The summed E-state index contributed by atoms with van der Waals surface area (Å²) in [5.74, 6) is 1.63. The molecule has 0 aliphatic heterocycles. The molecule has 0 radical (unpaired) electrons. The fourth-order valence-electron chi connectivity index (χ4n) is 4.19. The zero-order chi connectivity index (χ0) is 25.6. The van der Waals surface area contributed by atoms with Gasteiger partial charge in [0.15, 0.2) is 0 Å². The van der Waals surface area contributed by atoms with Gasteiger partial charge in [0.1, 0.15) is 11.5 Å². The number of rotatable bonds is 9. The van der Waals surface area contributed by atoms with E-state index in [2.05, 4.69) is 94.1 Å². The van der Waals surface area contributed by atoms with Gasteiger partial charge in [0, 0.05) is 46.5 Å². The second-order valence-electron chi connectivity index (χ2n) is 8.52. The summed E-state index contributed by atoms with van der Waals surface area (Å²) in [5, 5.41) is 2.27. The summed E-state index contributed by atoms with van der Waals surface area (Å²) in [4.78, 5) is 0. The third kappa shape index (κ3) is 5.29. The van der Waals surface area contributed by atoms with Gasteiger partial charge in [-0.05, 0) is 60.7 Å². The van der Waals surface area contributed by atoms with Gasteiger partial charge in [-0.1, -0.05) is 72.8 Å². The first kappa shape index (κ1) is 24.2. The molecule has 186 valence electrons. The number of hydrogen-bond acceptors (Lipinski definition) is 2. The van der Waals surface area contributed by atoms with Gasteiger partial charge >= 0.3 is 0 Å². The molecule has 6 aromatic rings. The third-order valence-electron chi connectivity index (χ3n) is 5.98. The predicted molar refractivity (Wildman–Crippen MR) is 159 cm³/mol. The normalized spacial score (nSPS) is 12.5. The lowest BCUT2D eigenvalue weighted by atomic mass is 10.0. The van der Waals surface area contributed by atoms with Gasteiger partial charge in [-0.2, -0.15) is 0 Å². The first-order chi connectivity index (χ1) is 18.9. The van der Waals surface area contributed by atoms with Gasteiger partial charge < -0.3 is 9.05 Å². The van der Waals surface area contributed by atoms with E-state index in [4.69, 9.17) is 9.05 Å². The fraction of sp³-hybridized carbons (Fsp3) is 0. The minimum atomic E-state index is -1.11. The SMILES string of the molecule is c1ccc(P(Oc2ccccc2-c2ccccc2OP(c2ccccc2)n2cccc2)n2cccc2)cc1. The summed E-state index contributed by atoms with van der Waals surface area (Å²) >= 11 is 0. The lowest BCUT2D eigenvalue weighted by Crippen LogP contribution is -2.11. The lowest BCUT2D eigenvalue weighted by molar-refractivity contribution is 0.605. The lowest BCUT2D eigenvalue weighted by Gasteiger charge is -2.24. The molecule has 0 spiro atoms. The van der Waals surface area contributed by atoms with E-state index in [1.807, 2.05) is 72.8 Å². The highest BCUT2D eigenvalue weighted by Gasteiger charge is 2.22. The maximum Gasteiger partial charge on any atom is 0.229 e. The molecule has 0 fully saturated rings. The van der Waals surface area contributed by atoms with Crippen LogP contribution in [0.1, 0.15) is 0 Å². The van der Waals surface area contributed by atoms with Gasteiger partial charge in [0.2, 0.25) is 16.6 Å². The Labute approximate surface area is 225 Å². The Bertz CT molecular complexity index is 1450. The van der Waals surface area contributed by atoms with E-state index in [-0.39, 0.29) is 0 Å². The largest absolute Gasteiger partial charge is 0.448 e. The highest BCUT2D eigenvalue weighted by Crippen LogP contribution is 2.47. The van der Waals surface area contributed by atoms with Crippen LogP contribution in [0.5, 0.6) is 11.5 Å². The van der Waals surface area contributed by atoms with Gasteiger partial charge in [0.05, 0.1) is 0 Å². The van der Waals surface area contributed by atoms with Crippen molar-refractivity contribution in [1.29, 1.82) is 0 Å². The van der Waals surface area contributed by atoms with Crippen LogP contribution in [-0.4, -0.2) is 8.68 Å². The predicted octanol–water partition coefficient (Wildman–Crippen LogP) is 8.09. The van der Waals surface area contributed by atoms with E-state index in [1.165, 1.54) is 0 Å². The highest BCUT2D eigenvalue weighted by molar-refractivity contribution is 7.60. The fourth-order valence-corrected chi connectivity index (χ4v) is 7.46. The number of para-hydroxylation sites is 2. The molecule has 2 aromatic heterocycles. The van der Waals surface area contributed by atoms with Gasteiger partial charge in [-0.15, -0.1) is 0 Å². The van der Waals surface area contributed by atoms with E-state index < -0.39 is 16.6 Å². The van der Waals surface area contributed by atoms with Crippen LogP contribution in [0.15, 0.2) is 158 Å². The second-order valence-corrected chi connectivity index (χ2v) is 11.9. The maximum atomic E-state index is 6.82. The van der Waals surface area contributed by atoms with E-state index in [0.717, 1.165) is 33.2 Å². The number of hydrogen-bond donors (Lipinski definition) is 0. The third-order valence-corrected chi connectivity index (χ3v) is 9.58. The van der Waals surface area contributed by atoms with Gasteiger partial charge in [0.25, 0.3) is 0 Å². The van der Waals surface area contributed by atoms with Crippen LogP contribution in [-0.2, 0) is 0 Å². The Morgan fingerprint density at radius 1 is 0.368 bits per heavy atom. The number of aromatic nitrogens is 2. The topological polar surface area (TPSA) is 28.3 Å². The summed E-state index contributed by atoms with van der Waals surface area (Å²) in [7, 11) is -2.23. The molecule has 0 amide bonds. The molecule has 2 heterocycles. The number of benzene rings is 4. The molecule has 4 aromatic carbocycles. The van der Waals surface area contributed by atoms with Crippen molar-refractivity contribution in [3.8, 4) is 22.6 Å². The molecule has 4 nitrogen and oxygen atoms in total. The van der Waals surface area contributed by atoms with Crippen molar-refractivity contribution in [3.63, 3.8) is 0 Å². The molecule has 38 heavy (non-hydrogen) atoms. The minimum absolute atomic E-state index is 0.817. The zero-order valence-corrected chi connectivity index (χ0v) is 22.4. The van der Waals surface area contributed by atoms with E-state index in [0.29, 0.717) is 0 Å². The van der Waals surface area contributed by atoms with Crippen LogP contribution in [0.25, 0.3) is 11.1 Å². The summed E-state index contributed by atoms with van der Waals surface area (Å²) in [6.07, 6.45) is 8.23. The average molecular weight is 533 g/mol. The summed E-state index contributed by atoms with van der Waals surface area (Å²) in [6.45, 7) is 0. The Morgan fingerprint density at radius 3 is 1.11 bits per heavy atom. The van der Waals surface area contributed by atoms with Crippen molar-refractivity contribution in [2.75, 3.05) is 0 Å². The summed E-state index contributed by atoms with van der Waals surface area (Å²) < 4.78 is 17.9. The first-order valence-electron chi connectivity index (χ1n) is 12.4. The second kappa shape index (κ2) is 11.5. The van der Waals surface area contributed by atoms with Crippen LogP contribution >= 0.6 is 16.6 Å². The quantitative estimate of drug-likeness (QED) is 0.176. The molecule has 6 heteroatoms. The van der Waals surface area contributed by atoms with Crippen molar-refractivity contribution in [2.24, 2.45) is 0 Å². The molecule has 0 saturated heterocycles. The number of nitrogens with zero attached hydrogens (tertiary/aromatic N) is 2. The molecular formula is C32H26N2O2P2. The van der Waals surface area contributed by atoms with Crippen molar-refractivity contribution in [3.05, 3.63) is 158 Å². The molecule has 0 N–H and O–H groups in total. The molecule has 2 unspecified atom stereocenters. The molecular weight excluding hydrogens is 506 g/mol. The summed E-state index contributed by atoms with van der Waals surface area (Å²) in [6, 6.07) is 45.3.